The number of carbonyl (C=O) groups is 2. The highest BCUT2D eigenvalue weighted by Gasteiger charge is 2.13. The minimum absolute atomic E-state index is 0.233. The number of carboxylic acid groups (broad SMARTS) is 1. The summed E-state index contributed by atoms with van der Waals surface area (Å²) in [5, 5.41) is 11.0. The molecule has 0 unspecified atom stereocenters. The number of aryl methyl sites for hydroxylation is 1. The summed E-state index contributed by atoms with van der Waals surface area (Å²) >= 11 is 1.50. The van der Waals surface area contributed by atoms with Crippen molar-refractivity contribution in [3.8, 4) is 0 Å². The highest BCUT2D eigenvalue weighted by Crippen LogP contribution is 2.06. The molecule has 2 N–H and O–H groups in total. The lowest BCUT2D eigenvalue weighted by atomic mass is 10.2. The lowest BCUT2D eigenvalue weighted by Crippen LogP contribution is -2.39. The standard InChI is InChI=1S/C13H17NO3S/c1-10(13(16)17)14-12(15)9-18-8-7-11-5-3-2-4-6-11/h2-6,10H,7-9H2,1H3,(H,14,15)(H,16,17)/t10-/m1/s1. The first-order chi connectivity index (χ1) is 8.59. The first-order valence-electron chi connectivity index (χ1n) is 5.73. The summed E-state index contributed by atoms with van der Waals surface area (Å²) in [5.41, 5.74) is 1.24. The third-order valence-corrected chi connectivity index (χ3v) is 3.32. The van der Waals surface area contributed by atoms with Gasteiger partial charge in [-0.05, 0) is 24.7 Å². The molecule has 5 heteroatoms. The summed E-state index contributed by atoms with van der Waals surface area (Å²) in [6.07, 6.45) is 0.910. The summed E-state index contributed by atoms with van der Waals surface area (Å²) < 4.78 is 0. The van der Waals surface area contributed by atoms with Crippen LogP contribution in [0.2, 0.25) is 0 Å². The summed E-state index contributed by atoms with van der Waals surface area (Å²) in [6.45, 7) is 1.45. The zero-order chi connectivity index (χ0) is 13.4. The molecule has 1 rings (SSSR count). The van der Waals surface area contributed by atoms with Gasteiger partial charge in [0.15, 0.2) is 0 Å². The molecule has 1 aromatic rings. The Kier molecular flexibility index (Phi) is 6.28. The third-order valence-electron chi connectivity index (χ3n) is 2.36. The van der Waals surface area contributed by atoms with Crippen molar-refractivity contribution >= 4 is 23.6 Å². The molecule has 1 atom stereocenters. The molecule has 4 nitrogen and oxygen atoms in total. The normalized spacial score (nSPS) is 11.8. The van der Waals surface area contributed by atoms with Crippen molar-refractivity contribution in [1.82, 2.24) is 5.32 Å². The Bertz CT molecular complexity index is 394. The average molecular weight is 267 g/mol. The molecule has 0 spiro atoms. The zero-order valence-electron chi connectivity index (χ0n) is 10.3. The number of thioether (sulfide) groups is 1. The van der Waals surface area contributed by atoms with Crippen LogP contribution in [0, 0.1) is 0 Å². The average Bonchev–Trinajstić information content (AvgIpc) is 2.35. The molecule has 0 radical (unpaired) electrons. The molecule has 0 bridgehead atoms. The lowest BCUT2D eigenvalue weighted by molar-refractivity contribution is -0.140. The molecule has 0 aliphatic heterocycles. The SMILES string of the molecule is C[C@@H](NC(=O)CSCCc1ccccc1)C(=O)O. The fourth-order valence-electron chi connectivity index (χ4n) is 1.34. The van der Waals surface area contributed by atoms with Crippen LogP contribution >= 0.6 is 11.8 Å². The van der Waals surface area contributed by atoms with E-state index in [0.717, 1.165) is 12.2 Å². The predicted octanol–water partition coefficient (Wildman–Crippen LogP) is 1.55. The number of hydrogen-bond acceptors (Lipinski definition) is 3. The number of benzene rings is 1. The highest BCUT2D eigenvalue weighted by atomic mass is 32.2. The minimum atomic E-state index is -1.02. The number of amides is 1. The van der Waals surface area contributed by atoms with E-state index in [-0.39, 0.29) is 5.91 Å². The van der Waals surface area contributed by atoms with Gasteiger partial charge in [-0.15, -0.1) is 0 Å². The van der Waals surface area contributed by atoms with E-state index in [2.05, 4.69) is 5.32 Å². The quantitative estimate of drug-likeness (QED) is 0.736. The van der Waals surface area contributed by atoms with E-state index in [0.29, 0.717) is 5.75 Å². The molecule has 0 aliphatic carbocycles. The second-order valence-electron chi connectivity index (χ2n) is 3.92. The Labute approximate surface area is 111 Å². The van der Waals surface area contributed by atoms with Crippen LogP contribution in [-0.4, -0.2) is 34.5 Å². The van der Waals surface area contributed by atoms with Gasteiger partial charge in [-0.1, -0.05) is 30.3 Å². The smallest absolute Gasteiger partial charge is 0.325 e. The van der Waals surface area contributed by atoms with Gasteiger partial charge in [-0.2, -0.15) is 11.8 Å². The van der Waals surface area contributed by atoms with E-state index in [1.807, 2.05) is 30.3 Å². The molecule has 18 heavy (non-hydrogen) atoms. The first kappa shape index (κ1) is 14.6. The Balaban J connectivity index is 2.14. The van der Waals surface area contributed by atoms with Gasteiger partial charge in [0.05, 0.1) is 5.75 Å². The summed E-state index contributed by atoms with van der Waals surface area (Å²) in [7, 11) is 0. The van der Waals surface area contributed by atoms with Crippen molar-refractivity contribution in [3.63, 3.8) is 0 Å². The Morgan fingerprint density at radius 1 is 1.33 bits per heavy atom. The van der Waals surface area contributed by atoms with Crippen molar-refractivity contribution in [2.75, 3.05) is 11.5 Å². The van der Waals surface area contributed by atoms with Crippen LogP contribution < -0.4 is 5.32 Å². The Hall–Kier alpha value is -1.49. The van der Waals surface area contributed by atoms with Crippen molar-refractivity contribution in [3.05, 3.63) is 35.9 Å². The molecule has 98 valence electrons. The molecule has 1 amide bonds. The molecule has 0 heterocycles. The van der Waals surface area contributed by atoms with Crippen LogP contribution in [0.15, 0.2) is 30.3 Å². The van der Waals surface area contributed by atoms with Crippen LogP contribution in [0.1, 0.15) is 12.5 Å². The molecule has 0 saturated carbocycles. The van der Waals surface area contributed by atoms with Gasteiger partial charge in [0.25, 0.3) is 0 Å². The Morgan fingerprint density at radius 3 is 2.61 bits per heavy atom. The predicted molar refractivity (Wildman–Crippen MR) is 72.7 cm³/mol. The molecule has 0 aliphatic rings. The van der Waals surface area contributed by atoms with Crippen LogP contribution in [0.3, 0.4) is 0 Å². The van der Waals surface area contributed by atoms with Crippen molar-refractivity contribution in [2.45, 2.75) is 19.4 Å². The second-order valence-corrected chi connectivity index (χ2v) is 5.02. The van der Waals surface area contributed by atoms with E-state index < -0.39 is 12.0 Å². The molecular weight excluding hydrogens is 250 g/mol. The van der Waals surface area contributed by atoms with Gasteiger partial charge >= 0.3 is 5.97 Å². The zero-order valence-corrected chi connectivity index (χ0v) is 11.1. The monoisotopic (exact) mass is 267 g/mol. The van der Waals surface area contributed by atoms with Gasteiger partial charge in [0.2, 0.25) is 5.91 Å². The molecule has 0 fully saturated rings. The number of aliphatic carboxylic acids is 1. The van der Waals surface area contributed by atoms with Crippen molar-refractivity contribution in [1.29, 1.82) is 0 Å². The maximum Gasteiger partial charge on any atom is 0.325 e. The maximum atomic E-state index is 11.4. The van der Waals surface area contributed by atoms with E-state index in [1.54, 1.807) is 0 Å². The van der Waals surface area contributed by atoms with E-state index in [9.17, 15) is 9.59 Å². The highest BCUT2D eigenvalue weighted by molar-refractivity contribution is 7.99. The largest absolute Gasteiger partial charge is 0.480 e. The molecular formula is C13H17NO3S. The number of carboxylic acids is 1. The summed E-state index contributed by atoms with van der Waals surface area (Å²) in [5.74, 6) is -0.107. The summed E-state index contributed by atoms with van der Waals surface area (Å²) in [6, 6.07) is 9.22. The van der Waals surface area contributed by atoms with Crippen LogP contribution in [0.25, 0.3) is 0 Å². The van der Waals surface area contributed by atoms with Crippen LogP contribution in [0.4, 0.5) is 0 Å². The fourth-order valence-corrected chi connectivity index (χ4v) is 2.14. The van der Waals surface area contributed by atoms with E-state index in [1.165, 1.54) is 24.2 Å². The summed E-state index contributed by atoms with van der Waals surface area (Å²) in [4.78, 5) is 21.9. The minimum Gasteiger partial charge on any atom is -0.480 e. The topological polar surface area (TPSA) is 66.4 Å². The van der Waals surface area contributed by atoms with Gasteiger partial charge < -0.3 is 10.4 Å². The third kappa shape index (κ3) is 5.72. The fraction of sp³-hybridized carbons (Fsp3) is 0.385. The molecule has 0 aromatic heterocycles. The van der Waals surface area contributed by atoms with E-state index in [4.69, 9.17) is 5.11 Å². The Morgan fingerprint density at radius 2 is 2.00 bits per heavy atom. The number of rotatable bonds is 7. The number of carbonyl (C=O) groups excluding carboxylic acids is 1. The van der Waals surface area contributed by atoms with Gasteiger partial charge in [-0.25, -0.2) is 0 Å². The second kappa shape index (κ2) is 7.76. The van der Waals surface area contributed by atoms with Crippen LogP contribution in [0.5, 0.6) is 0 Å². The van der Waals surface area contributed by atoms with Crippen LogP contribution in [-0.2, 0) is 16.0 Å². The maximum absolute atomic E-state index is 11.4. The van der Waals surface area contributed by atoms with Crippen molar-refractivity contribution < 1.29 is 14.7 Å². The molecule has 1 aromatic carbocycles. The van der Waals surface area contributed by atoms with Gasteiger partial charge in [0, 0.05) is 0 Å². The van der Waals surface area contributed by atoms with Crippen molar-refractivity contribution in [2.24, 2.45) is 0 Å². The number of hydrogen-bond donors (Lipinski definition) is 2. The van der Waals surface area contributed by atoms with E-state index >= 15 is 0 Å². The first-order valence-corrected chi connectivity index (χ1v) is 6.89. The van der Waals surface area contributed by atoms with Gasteiger partial charge in [0.1, 0.15) is 6.04 Å². The number of nitrogens with one attached hydrogen (secondary N) is 1. The van der Waals surface area contributed by atoms with Gasteiger partial charge in [-0.3, -0.25) is 9.59 Å². The molecule has 0 saturated heterocycles. The lowest BCUT2D eigenvalue weighted by Gasteiger charge is -2.08.